The van der Waals surface area contributed by atoms with Crippen LogP contribution in [0.1, 0.15) is 29.5 Å². The number of hydrogen-bond donors (Lipinski definition) is 4. The zero-order valence-electron chi connectivity index (χ0n) is 19.3. The van der Waals surface area contributed by atoms with Crippen molar-refractivity contribution >= 4 is 64.7 Å². The minimum absolute atomic E-state index is 0. The molecule has 0 atom stereocenters. The summed E-state index contributed by atoms with van der Waals surface area (Å²) in [5.74, 6) is -0.148. The van der Waals surface area contributed by atoms with Crippen molar-refractivity contribution in [3.05, 3.63) is 40.4 Å². The minimum Gasteiger partial charge on any atom is -0.370 e. The first-order valence-electron chi connectivity index (χ1n) is 9.99. The van der Waals surface area contributed by atoms with Gasteiger partial charge < -0.3 is 26.2 Å². The fourth-order valence-electron chi connectivity index (χ4n) is 2.91. The van der Waals surface area contributed by atoms with E-state index in [1.165, 1.54) is 18.3 Å². The van der Waals surface area contributed by atoms with E-state index in [-0.39, 0.29) is 42.6 Å². The van der Waals surface area contributed by atoms with Crippen LogP contribution < -0.4 is 16.4 Å². The van der Waals surface area contributed by atoms with Crippen LogP contribution in [-0.2, 0) is 29.0 Å². The number of thiazole rings is 1. The highest BCUT2D eigenvalue weighted by Crippen LogP contribution is 2.26. The number of aryl methyl sites for hydroxylation is 2. The Kier molecular flexibility index (Phi) is 13.6. The highest BCUT2D eigenvalue weighted by atomic mass is 35.5. The van der Waals surface area contributed by atoms with Crippen molar-refractivity contribution < 1.29 is 9.59 Å². The Morgan fingerprint density at radius 2 is 1.73 bits per heavy atom. The zero-order chi connectivity index (χ0) is 23.0. The van der Waals surface area contributed by atoms with E-state index in [1.54, 1.807) is 19.0 Å². The molecule has 0 aliphatic rings. The van der Waals surface area contributed by atoms with Gasteiger partial charge >= 0.3 is 0 Å². The Morgan fingerprint density at radius 1 is 1.09 bits per heavy atom. The molecule has 0 radical (unpaired) electrons. The molecule has 1 aromatic carbocycles. The summed E-state index contributed by atoms with van der Waals surface area (Å²) < 4.78 is 0. The predicted molar refractivity (Wildman–Crippen MR) is 140 cm³/mol. The average Bonchev–Trinajstić information content (AvgIpc) is 3.05. The second kappa shape index (κ2) is 14.7. The van der Waals surface area contributed by atoms with E-state index < -0.39 is 0 Å². The van der Waals surface area contributed by atoms with Crippen LogP contribution in [0.4, 0.5) is 10.8 Å². The number of halogens is 2. The number of nitrogens with two attached hydrogens (primary N) is 1. The summed E-state index contributed by atoms with van der Waals surface area (Å²) in [5, 5.41) is 13.4. The molecule has 0 aliphatic carbocycles. The van der Waals surface area contributed by atoms with Gasteiger partial charge in [-0.25, -0.2) is 4.98 Å². The number of carbonyl (C=O) groups excluding carboxylic acids is 2. The van der Waals surface area contributed by atoms with Gasteiger partial charge in [-0.2, -0.15) is 0 Å². The number of aromatic nitrogens is 1. The van der Waals surface area contributed by atoms with Gasteiger partial charge in [0.15, 0.2) is 11.1 Å². The van der Waals surface area contributed by atoms with E-state index in [2.05, 4.69) is 20.5 Å². The van der Waals surface area contributed by atoms with Gasteiger partial charge in [0.05, 0.1) is 5.69 Å². The molecule has 12 heteroatoms. The standard InChI is InChI=1S/C21H31N7O2S.2ClH/c1-14(29)24-21-26-17(10-7-15-5-8-16(9-6-15)25-20(22)23)18(31-21)13-28(4)12-11-19(30)27(2)3;;/h5-6,8-9H,7,10-13H2,1-4H3,(H4,22,23,25)(H,24,26,29);2*1H. The molecule has 0 spiro atoms. The summed E-state index contributed by atoms with van der Waals surface area (Å²) in [4.78, 5) is 32.7. The van der Waals surface area contributed by atoms with E-state index in [0.29, 0.717) is 24.6 Å². The quantitative estimate of drug-likeness (QED) is 0.283. The average molecular weight is 519 g/mol. The van der Waals surface area contributed by atoms with Crippen LogP contribution >= 0.6 is 36.2 Å². The molecule has 0 aliphatic heterocycles. The monoisotopic (exact) mass is 517 g/mol. The van der Waals surface area contributed by atoms with Gasteiger partial charge in [-0.1, -0.05) is 12.1 Å². The number of nitrogens with zero attached hydrogens (tertiary/aromatic N) is 3. The molecule has 33 heavy (non-hydrogen) atoms. The molecule has 2 rings (SSSR count). The molecule has 5 N–H and O–H groups in total. The summed E-state index contributed by atoms with van der Waals surface area (Å²) in [5.41, 5.74) is 8.21. The second-order valence-corrected chi connectivity index (χ2v) is 8.67. The van der Waals surface area contributed by atoms with Crippen LogP contribution in [0.3, 0.4) is 0 Å². The second-order valence-electron chi connectivity index (χ2n) is 7.58. The fraction of sp³-hybridized carbons (Fsp3) is 0.429. The normalized spacial score (nSPS) is 10.1. The van der Waals surface area contributed by atoms with Crippen molar-refractivity contribution in [3.63, 3.8) is 0 Å². The Bertz CT molecular complexity index is 920. The third-order valence-electron chi connectivity index (χ3n) is 4.56. The third-order valence-corrected chi connectivity index (χ3v) is 5.56. The maximum absolute atomic E-state index is 11.9. The molecule has 0 saturated carbocycles. The van der Waals surface area contributed by atoms with Crippen molar-refractivity contribution in [1.29, 1.82) is 5.41 Å². The lowest BCUT2D eigenvalue weighted by molar-refractivity contribution is -0.129. The summed E-state index contributed by atoms with van der Waals surface area (Å²) in [6.07, 6.45) is 1.98. The number of amides is 2. The largest absolute Gasteiger partial charge is 0.370 e. The summed E-state index contributed by atoms with van der Waals surface area (Å²) in [6, 6.07) is 7.75. The molecule has 1 heterocycles. The van der Waals surface area contributed by atoms with Gasteiger partial charge in [0.25, 0.3) is 0 Å². The Labute approximate surface area is 211 Å². The number of benzene rings is 1. The summed E-state index contributed by atoms with van der Waals surface area (Å²) in [6.45, 7) is 2.78. The molecular formula is C21H33Cl2N7O2S. The number of anilines is 2. The number of hydrogen-bond acceptors (Lipinski definition) is 6. The van der Waals surface area contributed by atoms with Crippen molar-refractivity contribution in [2.24, 2.45) is 5.73 Å². The lowest BCUT2D eigenvalue weighted by Crippen LogP contribution is -2.27. The predicted octanol–water partition coefficient (Wildman–Crippen LogP) is 2.95. The number of guanidine groups is 1. The highest BCUT2D eigenvalue weighted by molar-refractivity contribution is 7.15. The van der Waals surface area contributed by atoms with Crippen molar-refractivity contribution in [2.45, 2.75) is 32.7 Å². The minimum atomic E-state index is -0.148. The molecule has 2 aromatic rings. The van der Waals surface area contributed by atoms with Crippen LogP contribution in [0.25, 0.3) is 0 Å². The maximum atomic E-state index is 11.9. The molecule has 0 unspecified atom stereocenters. The maximum Gasteiger partial charge on any atom is 0.223 e. The lowest BCUT2D eigenvalue weighted by atomic mass is 10.1. The Hall–Kier alpha value is -2.40. The molecule has 0 fully saturated rings. The number of nitrogens with one attached hydrogen (secondary N) is 3. The Morgan fingerprint density at radius 3 is 2.27 bits per heavy atom. The Balaban J connectivity index is 0.00000512. The van der Waals surface area contributed by atoms with Crippen LogP contribution in [0.5, 0.6) is 0 Å². The van der Waals surface area contributed by atoms with E-state index in [0.717, 1.165) is 34.7 Å². The van der Waals surface area contributed by atoms with E-state index in [1.807, 2.05) is 31.3 Å². The smallest absolute Gasteiger partial charge is 0.223 e. The van der Waals surface area contributed by atoms with Gasteiger partial charge in [-0.05, 0) is 37.6 Å². The molecule has 9 nitrogen and oxygen atoms in total. The molecule has 0 bridgehead atoms. The van der Waals surface area contributed by atoms with Crippen LogP contribution in [-0.4, -0.2) is 60.2 Å². The molecule has 2 amide bonds. The zero-order valence-corrected chi connectivity index (χ0v) is 21.8. The molecule has 0 saturated heterocycles. The van der Waals surface area contributed by atoms with Crippen molar-refractivity contribution in [3.8, 4) is 0 Å². The van der Waals surface area contributed by atoms with Gasteiger partial charge in [-0.15, -0.1) is 36.2 Å². The number of carbonyl (C=O) groups is 2. The topological polar surface area (TPSA) is 127 Å². The highest BCUT2D eigenvalue weighted by Gasteiger charge is 2.15. The SMILES string of the molecule is CC(=O)Nc1nc(CCc2ccc(NC(=N)N)cc2)c(CN(C)CCC(=O)N(C)C)s1.Cl.Cl. The summed E-state index contributed by atoms with van der Waals surface area (Å²) >= 11 is 1.47. The van der Waals surface area contributed by atoms with Gasteiger partial charge in [0, 0.05) is 51.1 Å². The first kappa shape index (κ1) is 30.6. The van der Waals surface area contributed by atoms with Gasteiger partial charge in [-0.3, -0.25) is 15.0 Å². The van der Waals surface area contributed by atoms with E-state index in [9.17, 15) is 9.59 Å². The molecular weight excluding hydrogens is 485 g/mol. The van der Waals surface area contributed by atoms with Crippen LogP contribution in [0.2, 0.25) is 0 Å². The summed E-state index contributed by atoms with van der Waals surface area (Å²) in [7, 11) is 5.49. The van der Waals surface area contributed by atoms with Crippen LogP contribution in [0.15, 0.2) is 24.3 Å². The number of rotatable bonds is 10. The van der Waals surface area contributed by atoms with Gasteiger partial charge in [0.1, 0.15) is 0 Å². The fourth-order valence-corrected chi connectivity index (χ4v) is 4.05. The van der Waals surface area contributed by atoms with E-state index in [4.69, 9.17) is 11.1 Å². The molecule has 184 valence electrons. The van der Waals surface area contributed by atoms with Gasteiger partial charge in [0.2, 0.25) is 11.8 Å². The first-order valence-corrected chi connectivity index (χ1v) is 10.8. The lowest BCUT2D eigenvalue weighted by Gasteiger charge is -2.17. The first-order chi connectivity index (χ1) is 14.6. The van der Waals surface area contributed by atoms with E-state index >= 15 is 0 Å². The van der Waals surface area contributed by atoms with Crippen LogP contribution in [0, 0.1) is 5.41 Å². The van der Waals surface area contributed by atoms with Crippen molar-refractivity contribution in [1.82, 2.24) is 14.8 Å². The van der Waals surface area contributed by atoms with Crippen molar-refractivity contribution in [2.75, 3.05) is 38.3 Å². The molecule has 1 aromatic heterocycles. The third kappa shape index (κ3) is 10.8.